The van der Waals surface area contributed by atoms with Gasteiger partial charge in [0.05, 0.1) is 29.3 Å². The average Bonchev–Trinajstić information content (AvgIpc) is 3.54. The SMILES string of the molecule is C=CC(=O)N[C@H]1CCC[C@H]1NC(=O)C1Sc2nccc3c2C1NC(=O)N3c1cnnc(-c2ccccc2)c1. The third-order valence-corrected chi connectivity index (χ3v) is 8.38. The number of nitrogens with one attached hydrogen (secondary N) is 3. The number of benzene rings is 1. The first kappa shape index (κ1) is 24.1. The highest BCUT2D eigenvalue weighted by molar-refractivity contribution is 8.01. The molecule has 4 heterocycles. The summed E-state index contributed by atoms with van der Waals surface area (Å²) in [4.78, 5) is 44.8. The highest BCUT2D eigenvalue weighted by Gasteiger charge is 2.47. The summed E-state index contributed by atoms with van der Waals surface area (Å²) >= 11 is 1.34. The van der Waals surface area contributed by atoms with Gasteiger partial charge in [0.25, 0.3) is 0 Å². The van der Waals surface area contributed by atoms with Crippen molar-refractivity contribution < 1.29 is 14.4 Å². The van der Waals surface area contributed by atoms with Gasteiger partial charge < -0.3 is 16.0 Å². The summed E-state index contributed by atoms with van der Waals surface area (Å²) in [5.41, 5.74) is 3.56. The molecule has 3 aromatic rings. The molecule has 6 rings (SSSR count). The number of aromatic nitrogens is 3. The Balaban J connectivity index is 1.27. The van der Waals surface area contributed by atoms with E-state index in [9.17, 15) is 14.4 Å². The minimum absolute atomic E-state index is 0.152. The van der Waals surface area contributed by atoms with Crippen molar-refractivity contribution >= 4 is 41.0 Å². The molecule has 4 atom stereocenters. The molecule has 0 spiro atoms. The van der Waals surface area contributed by atoms with Gasteiger partial charge in [-0.25, -0.2) is 9.78 Å². The normalized spacial score (nSPS) is 23.4. The van der Waals surface area contributed by atoms with Gasteiger partial charge in [-0.3, -0.25) is 14.5 Å². The van der Waals surface area contributed by atoms with Crippen LogP contribution in [-0.2, 0) is 9.59 Å². The van der Waals surface area contributed by atoms with Gasteiger partial charge >= 0.3 is 6.03 Å². The first-order chi connectivity index (χ1) is 18.5. The predicted molar refractivity (Wildman–Crippen MR) is 143 cm³/mol. The zero-order valence-electron chi connectivity index (χ0n) is 20.3. The van der Waals surface area contributed by atoms with Crippen molar-refractivity contribution in [2.24, 2.45) is 0 Å². The first-order valence-electron chi connectivity index (χ1n) is 12.4. The lowest BCUT2D eigenvalue weighted by Gasteiger charge is -2.34. The molecule has 4 amide bonds. The Kier molecular flexibility index (Phi) is 6.28. The van der Waals surface area contributed by atoms with Crippen molar-refractivity contribution in [3.63, 3.8) is 0 Å². The minimum atomic E-state index is -0.587. The van der Waals surface area contributed by atoms with Crippen molar-refractivity contribution in [3.8, 4) is 11.3 Å². The largest absolute Gasteiger partial charge is 0.350 e. The molecule has 1 saturated carbocycles. The van der Waals surface area contributed by atoms with Crippen LogP contribution in [0.2, 0.25) is 0 Å². The van der Waals surface area contributed by atoms with E-state index in [4.69, 9.17) is 0 Å². The Morgan fingerprint density at radius 1 is 1.13 bits per heavy atom. The highest BCUT2D eigenvalue weighted by Crippen LogP contribution is 2.50. The van der Waals surface area contributed by atoms with Crippen molar-refractivity contribution in [1.29, 1.82) is 0 Å². The van der Waals surface area contributed by atoms with E-state index in [0.29, 0.717) is 22.1 Å². The molecule has 38 heavy (non-hydrogen) atoms. The Bertz CT molecular complexity index is 1430. The number of carbonyl (C=O) groups is 3. The van der Waals surface area contributed by atoms with Gasteiger partial charge in [0.15, 0.2) is 0 Å². The number of nitrogens with zero attached hydrogens (tertiary/aromatic N) is 4. The van der Waals surface area contributed by atoms with Crippen molar-refractivity contribution in [3.05, 3.63) is 73.1 Å². The topological polar surface area (TPSA) is 129 Å². The van der Waals surface area contributed by atoms with Crippen LogP contribution >= 0.6 is 11.8 Å². The molecule has 3 aliphatic rings. The molecule has 0 bridgehead atoms. The zero-order valence-corrected chi connectivity index (χ0v) is 21.1. The number of amides is 4. The molecule has 2 aromatic heterocycles. The van der Waals surface area contributed by atoms with E-state index in [1.165, 1.54) is 17.8 Å². The number of urea groups is 1. The van der Waals surface area contributed by atoms with Gasteiger partial charge in [-0.05, 0) is 37.5 Å². The molecular weight excluding hydrogens is 502 g/mol. The summed E-state index contributed by atoms with van der Waals surface area (Å²) in [6.07, 6.45) is 6.88. The Morgan fingerprint density at radius 2 is 1.92 bits per heavy atom. The third-order valence-electron chi connectivity index (χ3n) is 7.09. The van der Waals surface area contributed by atoms with E-state index in [1.54, 1.807) is 23.4 Å². The molecule has 2 aliphatic heterocycles. The number of hydrogen-bond donors (Lipinski definition) is 3. The minimum Gasteiger partial charge on any atom is -0.350 e. The predicted octanol–water partition coefficient (Wildman–Crippen LogP) is 3.25. The van der Waals surface area contributed by atoms with Gasteiger partial charge in [-0.2, -0.15) is 10.2 Å². The Labute approximate surface area is 223 Å². The second-order valence-electron chi connectivity index (χ2n) is 9.38. The van der Waals surface area contributed by atoms with E-state index in [0.717, 1.165) is 30.4 Å². The fourth-order valence-electron chi connectivity index (χ4n) is 5.32. The number of carbonyl (C=O) groups excluding carboxylic acids is 3. The maximum Gasteiger partial charge on any atom is 0.327 e. The van der Waals surface area contributed by atoms with Crippen LogP contribution < -0.4 is 20.9 Å². The molecule has 3 N–H and O–H groups in total. The lowest BCUT2D eigenvalue weighted by atomic mass is 9.99. The number of anilines is 2. The second-order valence-corrected chi connectivity index (χ2v) is 10.5. The van der Waals surface area contributed by atoms with Gasteiger partial charge in [0.1, 0.15) is 10.3 Å². The highest BCUT2D eigenvalue weighted by atomic mass is 32.2. The number of hydrogen-bond acceptors (Lipinski definition) is 7. The van der Waals surface area contributed by atoms with Crippen LogP contribution in [0.15, 0.2) is 72.5 Å². The molecule has 11 heteroatoms. The van der Waals surface area contributed by atoms with Gasteiger partial charge in [-0.1, -0.05) is 48.7 Å². The van der Waals surface area contributed by atoms with Crippen LogP contribution in [-0.4, -0.2) is 50.4 Å². The number of pyridine rings is 1. The van der Waals surface area contributed by atoms with E-state index in [2.05, 4.69) is 37.7 Å². The molecular formula is C27H25N7O3S. The molecule has 2 unspecified atom stereocenters. The van der Waals surface area contributed by atoms with Crippen LogP contribution in [0.3, 0.4) is 0 Å². The van der Waals surface area contributed by atoms with Crippen molar-refractivity contribution in [2.45, 2.75) is 47.7 Å². The Hall–Kier alpha value is -4.25. The fraction of sp³-hybridized carbons (Fsp3) is 0.259. The summed E-state index contributed by atoms with van der Waals surface area (Å²) in [6, 6.07) is 12.0. The molecule has 192 valence electrons. The maximum absolute atomic E-state index is 13.5. The molecule has 1 aromatic carbocycles. The standard InChI is InChI=1S/C27H25N7O3S/c1-2-21(35)30-17-9-6-10-18(17)31-25(36)24-23-22-20(11-12-28-26(22)38-24)34(27(37)32-23)16-13-19(33-29-14-16)15-7-4-3-5-8-15/h2-5,7-8,11-14,17-18,23-24H,1,6,9-10H2,(H,30,35)(H,31,36)(H,32,37)/t17-,18+,23?,24?/m0/s1. The number of thioether (sulfide) groups is 1. The summed E-state index contributed by atoms with van der Waals surface area (Å²) in [6.45, 7) is 3.50. The van der Waals surface area contributed by atoms with Gasteiger partial charge in [-0.15, -0.1) is 0 Å². The summed E-state index contributed by atoms with van der Waals surface area (Å²) in [7, 11) is 0. The van der Waals surface area contributed by atoms with Crippen LogP contribution in [0.4, 0.5) is 16.2 Å². The monoisotopic (exact) mass is 527 g/mol. The summed E-state index contributed by atoms with van der Waals surface area (Å²) in [5.74, 6) is -0.451. The molecule has 1 fully saturated rings. The van der Waals surface area contributed by atoms with E-state index < -0.39 is 11.3 Å². The quantitative estimate of drug-likeness (QED) is 0.420. The van der Waals surface area contributed by atoms with Crippen LogP contribution in [0.25, 0.3) is 11.3 Å². The Morgan fingerprint density at radius 3 is 2.71 bits per heavy atom. The van der Waals surface area contributed by atoms with Gasteiger partial charge in [0, 0.05) is 29.4 Å². The smallest absolute Gasteiger partial charge is 0.327 e. The van der Waals surface area contributed by atoms with E-state index >= 15 is 0 Å². The molecule has 0 saturated heterocycles. The van der Waals surface area contributed by atoms with Crippen LogP contribution in [0, 0.1) is 0 Å². The lowest BCUT2D eigenvalue weighted by Crippen LogP contribution is -2.53. The summed E-state index contributed by atoms with van der Waals surface area (Å²) in [5, 5.41) is 17.5. The second kappa shape index (κ2) is 9.90. The van der Waals surface area contributed by atoms with Crippen molar-refractivity contribution in [1.82, 2.24) is 31.1 Å². The fourth-order valence-corrected chi connectivity index (χ4v) is 6.56. The summed E-state index contributed by atoms with van der Waals surface area (Å²) < 4.78 is 0. The van der Waals surface area contributed by atoms with E-state index in [-0.39, 0.29) is 29.9 Å². The van der Waals surface area contributed by atoms with Crippen molar-refractivity contribution in [2.75, 3.05) is 4.90 Å². The third kappa shape index (κ3) is 4.28. The van der Waals surface area contributed by atoms with Gasteiger partial charge in [0.2, 0.25) is 11.8 Å². The molecule has 1 aliphatic carbocycles. The van der Waals surface area contributed by atoms with E-state index in [1.807, 2.05) is 36.4 Å². The number of rotatable bonds is 6. The zero-order chi connectivity index (χ0) is 26.2. The van der Waals surface area contributed by atoms with Crippen LogP contribution in [0.1, 0.15) is 30.9 Å². The lowest BCUT2D eigenvalue weighted by molar-refractivity contribution is -0.122. The average molecular weight is 528 g/mol. The molecule has 10 nitrogen and oxygen atoms in total. The molecule has 0 radical (unpaired) electrons. The first-order valence-corrected chi connectivity index (χ1v) is 13.3. The maximum atomic E-state index is 13.5. The van der Waals surface area contributed by atoms with Crippen LogP contribution in [0.5, 0.6) is 0 Å².